The topological polar surface area (TPSA) is 45.1 Å². The number of halogens is 2. The number of methoxy groups -OCH3 is 1. The lowest BCUT2D eigenvalue weighted by Gasteiger charge is -2.37. The molecule has 0 spiro atoms. The number of hydrogen-bond acceptors (Lipinski definition) is 3. The number of amides is 2. The zero-order chi connectivity index (χ0) is 22.1. The molecule has 0 N–H and O–H groups in total. The molecule has 1 saturated heterocycles. The molecule has 0 aromatic heterocycles. The number of piperidine rings is 1. The Morgan fingerprint density at radius 3 is 2.58 bits per heavy atom. The van der Waals surface area contributed by atoms with Gasteiger partial charge in [-0.3, -0.25) is 4.90 Å². The molecule has 1 heterocycles. The fourth-order valence-electron chi connectivity index (χ4n) is 3.84. The van der Waals surface area contributed by atoms with Crippen LogP contribution in [0.5, 0.6) is 0 Å². The van der Waals surface area contributed by atoms with Crippen LogP contribution in [-0.4, -0.2) is 61.4 Å². The van der Waals surface area contributed by atoms with Crippen LogP contribution < -0.4 is 0 Å². The summed E-state index contributed by atoms with van der Waals surface area (Å²) in [6, 6.07) is 15.7. The zero-order valence-corrected chi connectivity index (χ0v) is 19.4. The predicted octanol–water partition coefficient (Wildman–Crippen LogP) is 5.54. The molecule has 7 heteroatoms. The van der Waals surface area contributed by atoms with Crippen molar-refractivity contribution in [2.45, 2.75) is 31.8 Å². The van der Waals surface area contributed by atoms with Gasteiger partial charge >= 0.3 is 6.03 Å². The van der Waals surface area contributed by atoms with Crippen molar-refractivity contribution in [3.63, 3.8) is 0 Å². The van der Waals surface area contributed by atoms with Crippen LogP contribution in [-0.2, 0) is 11.3 Å². The first-order valence-electron chi connectivity index (χ1n) is 10.6. The van der Waals surface area contributed by atoms with Crippen molar-refractivity contribution in [1.29, 1.82) is 0 Å². The normalized spacial score (nSPS) is 15.5. The fraction of sp³-hybridized carbons (Fsp3) is 0.417. The number of ether oxygens (including phenoxy) is 1. The van der Waals surface area contributed by atoms with Gasteiger partial charge in [-0.05, 0) is 42.5 Å². The molecule has 2 aromatic carbocycles. The van der Waals surface area contributed by atoms with Gasteiger partial charge in [0.2, 0.25) is 0 Å². The van der Waals surface area contributed by atoms with Crippen molar-refractivity contribution < 1.29 is 9.53 Å². The van der Waals surface area contributed by atoms with Crippen LogP contribution in [0.4, 0.5) is 4.79 Å². The van der Waals surface area contributed by atoms with Gasteiger partial charge in [-0.25, -0.2) is 9.79 Å². The van der Waals surface area contributed by atoms with E-state index < -0.39 is 0 Å². The lowest BCUT2D eigenvalue weighted by atomic mass is 10.0. The summed E-state index contributed by atoms with van der Waals surface area (Å²) < 4.78 is 5.18. The second kappa shape index (κ2) is 12.2. The van der Waals surface area contributed by atoms with Crippen LogP contribution in [0.15, 0.2) is 53.5 Å². The van der Waals surface area contributed by atoms with E-state index in [2.05, 4.69) is 34.2 Å². The van der Waals surface area contributed by atoms with E-state index >= 15 is 0 Å². The molecule has 1 fully saturated rings. The minimum absolute atomic E-state index is 0.183. The minimum atomic E-state index is -0.219. The Labute approximate surface area is 194 Å². The van der Waals surface area contributed by atoms with E-state index in [0.29, 0.717) is 23.2 Å². The standard InChI is InChI=1S/C24H29Cl2N3O2/c1-31-15-5-12-29(24(30)27-17-20-8-9-22(25)23(26)16-20)21-10-13-28(14-11-21)18-19-6-3-2-4-7-19/h2-4,6-9,16-17,21H,5,10-15,18H2,1H3/b27-17+. The third-order valence-electron chi connectivity index (χ3n) is 5.51. The molecule has 0 bridgehead atoms. The molecular formula is C24H29Cl2N3O2. The van der Waals surface area contributed by atoms with Crippen LogP contribution >= 0.6 is 23.2 Å². The SMILES string of the molecule is COCCCN(C(=O)/N=C/c1ccc(Cl)c(Cl)c1)C1CCN(Cc2ccccc2)CC1. The summed E-state index contributed by atoms with van der Waals surface area (Å²) in [6.07, 6.45) is 4.22. The highest BCUT2D eigenvalue weighted by molar-refractivity contribution is 6.42. The largest absolute Gasteiger partial charge is 0.385 e. The Morgan fingerprint density at radius 2 is 1.90 bits per heavy atom. The number of rotatable bonds is 8. The van der Waals surface area contributed by atoms with E-state index in [1.165, 1.54) is 5.56 Å². The van der Waals surface area contributed by atoms with E-state index in [4.69, 9.17) is 27.9 Å². The quantitative estimate of drug-likeness (QED) is 0.383. The molecular weight excluding hydrogens is 433 g/mol. The number of urea groups is 1. The Morgan fingerprint density at radius 1 is 1.16 bits per heavy atom. The summed E-state index contributed by atoms with van der Waals surface area (Å²) in [4.78, 5) is 21.5. The van der Waals surface area contributed by atoms with E-state index in [1.54, 1.807) is 31.5 Å². The smallest absolute Gasteiger partial charge is 0.343 e. The molecule has 0 saturated carbocycles. The summed E-state index contributed by atoms with van der Waals surface area (Å²) in [5.41, 5.74) is 2.07. The first-order chi connectivity index (χ1) is 15.1. The van der Waals surface area contributed by atoms with Gasteiger partial charge in [-0.15, -0.1) is 0 Å². The second-order valence-corrected chi connectivity index (χ2v) is 8.56. The van der Waals surface area contributed by atoms with Gasteiger partial charge in [0.15, 0.2) is 0 Å². The molecule has 0 atom stereocenters. The highest BCUT2D eigenvalue weighted by Crippen LogP contribution is 2.22. The van der Waals surface area contributed by atoms with Gasteiger partial charge in [0, 0.05) is 52.2 Å². The Balaban J connectivity index is 1.61. The fourth-order valence-corrected chi connectivity index (χ4v) is 4.15. The van der Waals surface area contributed by atoms with Gasteiger partial charge in [-0.1, -0.05) is 59.6 Å². The van der Waals surface area contributed by atoms with Gasteiger partial charge in [-0.2, -0.15) is 0 Å². The molecule has 2 amide bonds. The second-order valence-electron chi connectivity index (χ2n) is 7.75. The summed E-state index contributed by atoms with van der Waals surface area (Å²) in [6.45, 7) is 4.12. The highest BCUT2D eigenvalue weighted by atomic mass is 35.5. The molecule has 1 aliphatic heterocycles. The Bertz CT molecular complexity index is 868. The third-order valence-corrected chi connectivity index (χ3v) is 6.25. The average molecular weight is 462 g/mol. The summed E-state index contributed by atoms with van der Waals surface area (Å²) in [5, 5.41) is 0.925. The van der Waals surface area contributed by atoms with Crippen LogP contribution in [0.1, 0.15) is 30.4 Å². The van der Waals surface area contributed by atoms with E-state index in [1.807, 2.05) is 11.0 Å². The van der Waals surface area contributed by atoms with Crippen LogP contribution in [0, 0.1) is 0 Å². The molecule has 2 aromatic rings. The number of aliphatic imine (C=N–C) groups is 1. The zero-order valence-electron chi connectivity index (χ0n) is 17.8. The number of likely N-dealkylation sites (tertiary alicyclic amines) is 1. The van der Waals surface area contributed by atoms with Crippen molar-refractivity contribution in [2.75, 3.05) is 33.4 Å². The summed E-state index contributed by atoms with van der Waals surface area (Å²) >= 11 is 12.0. The average Bonchev–Trinajstić information content (AvgIpc) is 2.79. The van der Waals surface area contributed by atoms with Crippen molar-refractivity contribution in [3.05, 3.63) is 69.7 Å². The highest BCUT2D eigenvalue weighted by Gasteiger charge is 2.27. The number of carbonyl (C=O) groups is 1. The molecule has 3 rings (SSSR count). The molecule has 0 unspecified atom stereocenters. The van der Waals surface area contributed by atoms with Crippen LogP contribution in [0.2, 0.25) is 10.0 Å². The number of hydrogen-bond donors (Lipinski definition) is 0. The minimum Gasteiger partial charge on any atom is -0.385 e. The maximum Gasteiger partial charge on any atom is 0.343 e. The van der Waals surface area contributed by atoms with Crippen molar-refractivity contribution in [1.82, 2.24) is 9.80 Å². The van der Waals surface area contributed by atoms with Crippen LogP contribution in [0.25, 0.3) is 0 Å². The number of nitrogens with zero attached hydrogens (tertiary/aromatic N) is 3. The van der Waals surface area contributed by atoms with Gasteiger partial charge in [0.25, 0.3) is 0 Å². The monoisotopic (exact) mass is 461 g/mol. The lowest BCUT2D eigenvalue weighted by molar-refractivity contribution is 0.112. The van der Waals surface area contributed by atoms with E-state index in [9.17, 15) is 4.79 Å². The van der Waals surface area contributed by atoms with Crippen molar-refractivity contribution in [3.8, 4) is 0 Å². The summed E-state index contributed by atoms with van der Waals surface area (Å²) in [5.74, 6) is 0. The molecule has 0 aliphatic carbocycles. The predicted molar refractivity (Wildman–Crippen MR) is 127 cm³/mol. The molecule has 0 radical (unpaired) electrons. The van der Waals surface area contributed by atoms with Gasteiger partial charge < -0.3 is 9.64 Å². The number of carbonyl (C=O) groups excluding carboxylic acids is 1. The molecule has 31 heavy (non-hydrogen) atoms. The molecule has 5 nitrogen and oxygen atoms in total. The molecule has 166 valence electrons. The van der Waals surface area contributed by atoms with E-state index in [-0.39, 0.29) is 12.1 Å². The maximum absolute atomic E-state index is 12.9. The van der Waals surface area contributed by atoms with Gasteiger partial charge in [0.1, 0.15) is 0 Å². The van der Waals surface area contributed by atoms with Crippen molar-refractivity contribution >= 4 is 35.4 Å². The van der Waals surface area contributed by atoms with E-state index in [0.717, 1.165) is 44.5 Å². The lowest BCUT2D eigenvalue weighted by Crippen LogP contribution is -2.47. The Kier molecular flexibility index (Phi) is 9.34. The van der Waals surface area contributed by atoms with Crippen LogP contribution in [0.3, 0.4) is 0 Å². The maximum atomic E-state index is 12.9. The third kappa shape index (κ3) is 7.32. The Hall–Kier alpha value is -1.92. The van der Waals surface area contributed by atoms with Crippen molar-refractivity contribution in [2.24, 2.45) is 4.99 Å². The number of benzene rings is 2. The molecule has 1 aliphatic rings. The first-order valence-corrected chi connectivity index (χ1v) is 11.4. The summed E-state index contributed by atoms with van der Waals surface area (Å²) in [7, 11) is 1.68. The first kappa shape index (κ1) is 23.7. The van der Waals surface area contributed by atoms with Gasteiger partial charge in [0.05, 0.1) is 10.0 Å².